The molecule has 1 heterocycles. The highest BCUT2D eigenvalue weighted by atomic mass is 16.5. The van der Waals surface area contributed by atoms with Gasteiger partial charge in [0.25, 0.3) is 0 Å². The van der Waals surface area contributed by atoms with Crippen LogP contribution in [0.5, 0.6) is 17.2 Å². The molecule has 0 radical (unpaired) electrons. The largest absolute Gasteiger partial charge is 0.497 e. The molecule has 6 nitrogen and oxygen atoms in total. The van der Waals surface area contributed by atoms with Crippen molar-refractivity contribution in [2.75, 3.05) is 25.7 Å². The van der Waals surface area contributed by atoms with Gasteiger partial charge in [0.15, 0.2) is 0 Å². The number of anilines is 1. The van der Waals surface area contributed by atoms with E-state index in [2.05, 4.69) is 12.2 Å². The van der Waals surface area contributed by atoms with E-state index in [1.54, 1.807) is 38.5 Å². The zero-order valence-electron chi connectivity index (χ0n) is 21.6. The minimum Gasteiger partial charge on any atom is -0.497 e. The second-order valence-electron chi connectivity index (χ2n) is 9.71. The number of benzene rings is 3. The Kier molecular flexibility index (Phi) is 6.03. The predicted molar refractivity (Wildman–Crippen MR) is 145 cm³/mol. The van der Waals surface area contributed by atoms with E-state index in [0.717, 1.165) is 33.8 Å². The predicted octanol–water partition coefficient (Wildman–Crippen LogP) is 5.53. The molecule has 1 aliphatic heterocycles. The van der Waals surface area contributed by atoms with E-state index in [4.69, 9.17) is 14.2 Å². The van der Waals surface area contributed by atoms with Gasteiger partial charge in [0.1, 0.15) is 17.2 Å². The third-order valence-electron chi connectivity index (χ3n) is 7.87. The lowest BCUT2D eigenvalue weighted by molar-refractivity contribution is -0.122. The van der Waals surface area contributed by atoms with Crippen LogP contribution >= 0.6 is 0 Å². The first kappa shape index (κ1) is 24.0. The summed E-state index contributed by atoms with van der Waals surface area (Å²) in [5.74, 6) is 0.871. The van der Waals surface area contributed by atoms with Gasteiger partial charge in [-0.05, 0) is 77.7 Å². The van der Waals surface area contributed by atoms with E-state index < -0.39 is 11.8 Å². The van der Waals surface area contributed by atoms with Crippen LogP contribution in [-0.4, -0.2) is 32.6 Å². The Morgan fingerprint density at radius 1 is 0.684 bits per heavy atom. The van der Waals surface area contributed by atoms with Crippen molar-refractivity contribution in [1.82, 2.24) is 0 Å². The Balaban J connectivity index is 1.42. The molecule has 6 rings (SSSR count). The first-order valence-electron chi connectivity index (χ1n) is 12.9. The average Bonchev–Trinajstić information content (AvgIpc) is 3.59. The molecule has 0 aromatic heterocycles. The van der Waals surface area contributed by atoms with Gasteiger partial charge in [-0.25, -0.2) is 4.90 Å². The SMILES string of the molecule is CCOc1ccc(N2C(=O)[C@H]3[C@H](C2=O)[C@H]2C=C[C@H]3C2=C(c2ccc(OC)cc2)c2ccc(OC)cc2)cc1. The van der Waals surface area contributed by atoms with Crippen LogP contribution in [0.25, 0.3) is 5.57 Å². The zero-order chi connectivity index (χ0) is 26.4. The summed E-state index contributed by atoms with van der Waals surface area (Å²) in [6, 6.07) is 23.1. The summed E-state index contributed by atoms with van der Waals surface area (Å²) in [5.41, 5.74) is 4.82. The minimum atomic E-state index is -0.412. The van der Waals surface area contributed by atoms with Crippen LogP contribution in [0.3, 0.4) is 0 Å². The van der Waals surface area contributed by atoms with Crippen LogP contribution in [0.15, 0.2) is 90.5 Å². The highest BCUT2D eigenvalue weighted by Crippen LogP contribution is 2.59. The van der Waals surface area contributed by atoms with Crippen molar-refractivity contribution < 1.29 is 23.8 Å². The van der Waals surface area contributed by atoms with Crippen molar-refractivity contribution in [1.29, 1.82) is 0 Å². The van der Waals surface area contributed by atoms with Gasteiger partial charge in [0.05, 0.1) is 38.3 Å². The number of methoxy groups -OCH3 is 2. The van der Waals surface area contributed by atoms with E-state index >= 15 is 0 Å². The van der Waals surface area contributed by atoms with E-state index in [1.807, 2.05) is 55.5 Å². The molecule has 3 aromatic carbocycles. The van der Waals surface area contributed by atoms with E-state index in [-0.39, 0.29) is 23.7 Å². The smallest absolute Gasteiger partial charge is 0.238 e. The summed E-state index contributed by atoms with van der Waals surface area (Å²) in [4.78, 5) is 29.0. The molecule has 2 amide bonds. The van der Waals surface area contributed by atoms with Crippen LogP contribution in [0.1, 0.15) is 18.1 Å². The van der Waals surface area contributed by atoms with Crippen molar-refractivity contribution in [2.24, 2.45) is 23.7 Å². The molecule has 6 heteroatoms. The minimum absolute atomic E-state index is 0.137. The third kappa shape index (κ3) is 3.71. The number of rotatable bonds is 7. The first-order chi connectivity index (χ1) is 18.5. The van der Waals surface area contributed by atoms with Crippen LogP contribution in [0.2, 0.25) is 0 Å². The molecule has 3 aromatic rings. The second-order valence-corrected chi connectivity index (χ2v) is 9.71. The third-order valence-corrected chi connectivity index (χ3v) is 7.87. The Hall–Kier alpha value is -4.32. The van der Waals surface area contributed by atoms with Crippen molar-refractivity contribution in [3.8, 4) is 17.2 Å². The molecule has 3 aliphatic rings. The van der Waals surface area contributed by atoms with Crippen LogP contribution in [0, 0.1) is 23.7 Å². The van der Waals surface area contributed by atoms with Gasteiger partial charge in [0.2, 0.25) is 11.8 Å². The van der Waals surface area contributed by atoms with Gasteiger partial charge < -0.3 is 14.2 Å². The van der Waals surface area contributed by atoms with Gasteiger partial charge in [0, 0.05) is 11.8 Å². The molecule has 4 atom stereocenters. The molecule has 0 N–H and O–H groups in total. The topological polar surface area (TPSA) is 65.1 Å². The van der Waals surface area contributed by atoms with Crippen LogP contribution < -0.4 is 19.1 Å². The second kappa shape index (κ2) is 9.53. The van der Waals surface area contributed by atoms with E-state index in [9.17, 15) is 9.59 Å². The van der Waals surface area contributed by atoms with Gasteiger partial charge in [-0.1, -0.05) is 36.4 Å². The number of carbonyl (C=O) groups is 2. The fourth-order valence-corrected chi connectivity index (χ4v) is 6.22. The Bertz CT molecular complexity index is 1350. The normalized spacial score (nSPS) is 23.1. The molecule has 38 heavy (non-hydrogen) atoms. The number of carbonyl (C=O) groups excluding carboxylic acids is 2. The molecule has 2 bridgehead atoms. The lowest BCUT2D eigenvalue weighted by Crippen LogP contribution is -2.33. The van der Waals surface area contributed by atoms with Gasteiger partial charge in [-0.3, -0.25) is 9.59 Å². The maximum absolute atomic E-state index is 13.8. The summed E-state index contributed by atoms with van der Waals surface area (Å²) >= 11 is 0. The standard InChI is InChI=1S/C32H29NO5/c1-4-38-24-15-9-21(10-16-24)33-31(34)29-25-17-18-26(30(29)32(33)35)28(25)27(19-5-11-22(36-2)12-6-19)20-7-13-23(37-3)14-8-20/h5-18,25-26,29-30H,4H2,1-3H3/t25-,26-,29+,30+/m0/s1. The van der Waals surface area contributed by atoms with Gasteiger partial charge >= 0.3 is 0 Å². The number of hydrogen-bond acceptors (Lipinski definition) is 5. The van der Waals surface area contributed by atoms with Gasteiger partial charge in [-0.2, -0.15) is 0 Å². The van der Waals surface area contributed by atoms with Gasteiger partial charge in [-0.15, -0.1) is 0 Å². The number of allylic oxidation sites excluding steroid dienone is 3. The molecule has 0 spiro atoms. The van der Waals surface area contributed by atoms with Crippen molar-refractivity contribution in [3.05, 3.63) is 102 Å². The highest BCUT2D eigenvalue weighted by molar-refractivity contribution is 6.23. The molecule has 192 valence electrons. The zero-order valence-corrected chi connectivity index (χ0v) is 21.6. The fraction of sp³-hybridized carbons (Fsp3) is 0.250. The maximum Gasteiger partial charge on any atom is 0.238 e. The molecule has 2 fully saturated rings. The number of nitrogens with zero attached hydrogens (tertiary/aromatic N) is 1. The van der Waals surface area contributed by atoms with E-state index in [0.29, 0.717) is 18.0 Å². The Morgan fingerprint density at radius 3 is 1.55 bits per heavy atom. The lowest BCUT2D eigenvalue weighted by Gasteiger charge is -2.22. The number of hydrogen-bond donors (Lipinski definition) is 0. The Morgan fingerprint density at radius 2 is 1.13 bits per heavy atom. The highest BCUT2D eigenvalue weighted by Gasteiger charge is 2.62. The van der Waals surface area contributed by atoms with E-state index in [1.165, 1.54) is 4.90 Å². The number of ether oxygens (including phenoxy) is 3. The Labute approximate surface area is 222 Å². The number of imide groups is 1. The maximum atomic E-state index is 13.8. The lowest BCUT2D eigenvalue weighted by atomic mass is 9.85. The summed E-state index contributed by atoms with van der Waals surface area (Å²) in [7, 11) is 3.29. The van der Waals surface area contributed by atoms with Crippen LogP contribution in [0.4, 0.5) is 5.69 Å². The summed E-state index contributed by atoms with van der Waals surface area (Å²) in [6.45, 7) is 2.47. The quantitative estimate of drug-likeness (QED) is 0.311. The molecular formula is C32H29NO5. The average molecular weight is 508 g/mol. The van der Waals surface area contributed by atoms with Crippen molar-refractivity contribution in [3.63, 3.8) is 0 Å². The van der Waals surface area contributed by atoms with Crippen molar-refractivity contribution in [2.45, 2.75) is 6.92 Å². The van der Waals surface area contributed by atoms with Crippen LogP contribution in [-0.2, 0) is 9.59 Å². The molecular weight excluding hydrogens is 478 g/mol. The molecule has 1 saturated heterocycles. The monoisotopic (exact) mass is 507 g/mol. The molecule has 1 saturated carbocycles. The fourth-order valence-electron chi connectivity index (χ4n) is 6.22. The summed E-state index contributed by atoms with van der Waals surface area (Å²) in [6.07, 6.45) is 4.22. The molecule has 2 aliphatic carbocycles. The molecule has 0 unspecified atom stereocenters. The van der Waals surface area contributed by atoms with Crippen molar-refractivity contribution >= 4 is 23.1 Å². The first-order valence-corrected chi connectivity index (χ1v) is 12.9. The number of fused-ring (bicyclic) bond motifs is 5. The summed E-state index contributed by atoms with van der Waals surface area (Å²) in [5, 5.41) is 0. The number of amides is 2. The summed E-state index contributed by atoms with van der Waals surface area (Å²) < 4.78 is 16.3.